The molecule has 0 amide bonds. The van der Waals surface area contributed by atoms with E-state index in [1.165, 1.54) is 0 Å². The summed E-state index contributed by atoms with van der Waals surface area (Å²) in [6.45, 7) is 2.50. The summed E-state index contributed by atoms with van der Waals surface area (Å²) in [5, 5.41) is 3.37. The van der Waals surface area contributed by atoms with Crippen molar-refractivity contribution in [2.24, 2.45) is 0 Å². The van der Waals surface area contributed by atoms with E-state index in [2.05, 4.69) is 11.2 Å². The van der Waals surface area contributed by atoms with Gasteiger partial charge < -0.3 is 5.32 Å². The van der Waals surface area contributed by atoms with E-state index in [9.17, 15) is 4.39 Å². The van der Waals surface area contributed by atoms with Gasteiger partial charge in [0.2, 0.25) is 0 Å². The van der Waals surface area contributed by atoms with Crippen molar-refractivity contribution < 1.29 is 4.39 Å². The van der Waals surface area contributed by atoms with E-state index in [1.807, 2.05) is 6.92 Å². The highest BCUT2D eigenvalue weighted by Crippen LogP contribution is 2.17. The van der Waals surface area contributed by atoms with Crippen molar-refractivity contribution in [2.45, 2.75) is 32.4 Å². The highest BCUT2D eigenvalue weighted by molar-refractivity contribution is 6.30. The number of hydrogen-bond donors (Lipinski definition) is 1. The number of halogens is 2. The molecule has 16 heavy (non-hydrogen) atoms. The molecule has 1 atom stereocenters. The first-order valence-electron chi connectivity index (χ1n) is 5.28. The normalized spacial score (nSPS) is 12.1. The van der Waals surface area contributed by atoms with Gasteiger partial charge in [-0.15, -0.1) is 12.3 Å². The number of hydrogen-bond acceptors (Lipinski definition) is 1. The Morgan fingerprint density at radius 1 is 1.56 bits per heavy atom. The van der Waals surface area contributed by atoms with Crippen LogP contribution in [0.2, 0.25) is 5.02 Å². The molecule has 0 aromatic heterocycles. The molecule has 1 aromatic carbocycles. The van der Waals surface area contributed by atoms with E-state index < -0.39 is 0 Å². The molecule has 0 aliphatic carbocycles. The van der Waals surface area contributed by atoms with Crippen LogP contribution in [0.4, 0.5) is 4.39 Å². The monoisotopic (exact) mass is 239 g/mol. The lowest BCUT2D eigenvalue weighted by Crippen LogP contribution is -2.27. The Labute approximate surface area is 101 Å². The van der Waals surface area contributed by atoms with Crippen molar-refractivity contribution in [1.82, 2.24) is 5.32 Å². The Kier molecular flexibility index (Phi) is 5.31. The second-order valence-electron chi connectivity index (χ2n) is 3.61. The molecule has 1 nitrogen and oxygen atoms in total. The van der Waals surface area contributed by atoms with Crippen molar-refractivity contribution in [1.29, 1.82) is 0 Å². The lowest BCUT2D eigenvalue weighted by molar-refractivity contribution is 0.494. The van der Waals surface area contributed by atoms with Crippen molar-refractivity contribution in [2.75, 3.05) is 0 Å². The maximum absolute atomic E-state index is 13.5. The molecule has 0 bridgehead atoms. The molecule has 1 rings (SSSR count). The van der Waals surface area contributed by atoms with Gasteiger partial charge >= 0.3 is 0 Å². The zero-order valence-corrected chi connectivity index (χ0v) is 10.0. The lowest BCUT2D eigenvalue weighted by Gasteiger charge is -2.14. The highest BCUT2D eigenvalue weighted by Gasteiger charge is 2.08. The number of nitrogens with one attached hydrogen (secondary N) is 1. The maximum Gasteiger partial charge on any atom is 0.146 e. The predicted octanol–water partition coefficient (Wildman–Crippen LogP) is 3.37. The third kappa shape index (κ3) is 3.52. The van der Waals surface area contributed by atoms with Gasteiger partial charge in [-0.05, 0) is 12.5 Å². The summed E-state index contributed by atoms with van der Waals surface area (Å²) in [6.07, 6.45) is 6.82. The van der Waals surface area contributed by atoms with Crippen LogP contribution >= 0.6 is 11.6 Å². The Morgan fingerprint density at radius 3 is 2.94 bits per heavy atom. The second-order valence-corrected chi connectivity index (χ2v) is 4.01. The quantitative estimate of drug-likeness (QED) is 0.777. The summed E-state index contributed by atoms with van der Waals surface area (Å²) >= 11 is 5.69. The molecule has 0 spiro atoms. The van der Waals surface area contributed by atoms with Crippen LogP contribution in [0.15, 0.2) is 18.2 Å². The fourth-order valence-corrected chi connectivity index (χ4v) is 1.64. The summed E-state index contributed by atoms with van der Waals surface area (Å²) in [6, 6.07) is 5.23. The minimum absolute atomic E-state index is 0.157. The van der Waals surface area contributed by atoms with Crippen LogP contribution in [0.1, 0.15) is 25.3 Å². The largest absolute Gasteiger partial charge is 0.309 e. The molecule has 0 heterocycles. The maximum atomic E-state index is 13.5. The molecule has 1 unspecified atom stereocenters. The molecular weight excluding hydrogens is 225 g/mol. The molecule has 0 radical (unpaired) electrons. The fraction of sp³-hybridized carbons (Fsp3) is 0.385. The number of terminal acetylenes is 1. The van der Waals surface area contributed by atoms with Crippen molar-refractivity contribution >= 4 is 11.6 Å². The van der Waals surface area contributed by atoms with E-state index in [0.29, 0.717) is 18.5 Å². The van der Waals surface area contributed by atoms with Crippen molar-refractivity contribution in [3.63, 3.8) is 0 Å². The molecular formula is C13H15ClFN. The van der Waals surface area contributed by atoms with E-state index in [4.69, 9.17) is 18.0 Å². The van der Waals surface area contributed by atoms with Gasteiger partial charge in [-0.25, -0.2) is 4.39 Å². The molecule has 1 aromatic rings. The number of benzene rings is 1. The fourth-order valence-electron chi connectivity index (χ4n) is 1.44. The van der Waals surface area contributed by atoms with Gasteiger partial charge in [0.15, 0.2) is 0 Å². The molecule has 0 fully saturated rings. The van der Waals surface area contributed by atoms with Crippen LogP contribution in [-0.4, -0.2) is 6.04 Å². The second kappa shape index (κ2) is 6.52. The van der Waals surface area contributed by atoms with Gasteiger partial charge in [-0.1, -0.05) is 30.7 Å². The van der Waals surface area contributed by atoms with Crippen LogP contribution in [0, 0.1) is 18.2 Å². The molecule has 86 valence electrons. The van der Waals surface area contributed by atoms with Crippen LogP contribution < -0.4 is 5.32 Å². The molecule has 0 aliphatic rings. The first-order chi connectivity index (χ1) is 7.69. The van der Waals surface area contributed by atoms with E-state index in [-0.39, 0.29) is 16.9 Å². The predicted molar refractivity (Wildman–Crippen MR) is 65.8 cm³/mol. The van der Waals surface area contributed by atoms with Crippen LogP contribution in [0.5, 0.6) is 0 Å². The van der Waals surface area contributed by atoms with Gasteiger partial charge in [0, 0.05) is 24.6 Å². The average Bonchev–Trinajstić information content (AvgIpc) is 2.29. The summed E-state index contributed by atoms with van der Waals surface area (Å²) < 4.78 is 13.5. The molecule has 0 saturated heterocycles. The van der Waals surface area contributed by atoms with Gasteiger partial charge in [-0.2, -0.15) is 0 Å². The van der Waals surface area contributed by atoms with Gasteiger partial charge in [-0.3, -0.25) is 0 Å². The van der Waals surface area contributed by atoms with Crippen LogP contribution in [-0.2, 0) is 6.54 Å². The Morgan fingerprint density at radius 2 is 2.31 bits per heavy atom. The zero-order chi connectivity index (χ0) is 12.0. The molecule has 1 N–H and O–H groups in total. The first kappa shape index (κ1) is 13.0. The minimum atomic E-state index is -0.354. The lowest BCUT2D eigenvalue weighted by atomic mass is 10.1. The highest BCUT2D eigenvalue weighted by atomic mass is 35.5. The minimum Gasteiger partial charge on any atom is -0.309 e. The SMILES string of the molecule is C#CCC(CC)NCc1cccc(Cl)c1F. The summed E-state index contributed by atoms with van der Waals surface area (Å²) in [5.74, 6) is 2.24. The first-order valence-corrected chi connectivity index (χ1v) is 5.66. The van der Waals surface area contributed by atoms with Gasteiger partial charge in [0.1, 0.15) is 5.82 Å². The third-order valence-corrected chi connectivity index (χ3v) is 2.76. The third-order valence-electron chi connectivity index (χ3n) is 2.47. The van der Waals surface area contributed by atoms with E-state index in [0.717, 1.165) is 6.42 Å². The van der Waals surface area contributed by atoms with Crippen molar-refractivity contribution in [3.05, 3.63) is 34.6 Å². The van der Waals surface area contributed by atoms with Crippen LogP contribution in [0.25, 0.3) is 0 Å². The summed E-state index contributed by atoms with van der Waals surface area (Å²) in [5.41, 5.74) is 0.572. The summed E-state index contributed by atoms with van der Waals surface area (Å²) in [7, 11) is 0. The zero-order valence-electron chi connectivity index (χ0n) is 9.26. The average molecular weight is 240 g/mol. The Bertz CT molecular complexity index is 384. The molecule has 0 aliphatic heterocycles. The number of rotatable bonds is 5. The Balaban J connectivity index is 2.60. The standard InChI is InChI=1S/C13H15ClFN/c1-3-6-11(4-2)16-9-10-7-5-8-12(14)13(10)15/h1,5,7-8,11,16H,4,6,9H2,2H3. The van der Waals surface area contributed by atoms with E-state index >= 15 is 0 Å². The van der Waals surface area contributed by atoms with Crippen molar-refractivity contribution in [3.8, 4) is 12.3 Å². The molecule has 3 heteroatoms. The molecule has 0 saturated carbocycles. The van der Waals surface area contributed by atoms with Crippen LogP contribution in [0.3, 0.4) is 0 Å². The Hall–Kier alpha value is -1.04. The van der Waals surface area contributed by atoms with Gasteiger partial charge in [0.05, 0.1) is 5.02 Å². The van der Waals surface area contributed by atoms with E-state index in [1.54, 1.807) is 18.2 Å². The topological polar surface area (TPSA) is 12.0 Å². The summed E-state index contributed by atoms with van der Waals surface area (Å²) in [4.78, 5) is 0. The van der Waals surface area contributed by atoms with Gasteiger partial charge in [0.25, 0.3) is 0 Å². The smallest absolute Gasteiger partial charge is 0.146 e.